The lowest BCUT2D eigenvalue weighted by Gasteiger charge is -2.46. The number of guanidine groups is 1. The molecule has 2 aliphatic heterocycles. The summed E-state index contributed by atoms with van der Waals surface area (Å²) in [6.45, 7) is 14.4. The predicted molar refractivity (Wildman–Crippen MR) is 123 cm³/mol. The molecule has 0 aromatic carbocycles. The monoisotopic (exact) mass is 493 g/mol. The summed E-state index contributed by atoms with van der Waals surface area (Å²) >= 11 is 0. The SMILES string of the molecule is CN=C(NCC(C)(C)N1CC(C)CC(C)C1)N1CCCC(CC(N)=O)C1.I. The van der Waals surface area contributed by atoms with Crippen molar-refractivity contribution in [3.05, 3.63) is 0 Å². The number of hydrogen-bond donors (Lipinski definition) is 2. The summed E-state index contributed by atoms with van der Waals surface area (Å²) in [4.78, 5) is 20.7. The number of nitrogens with zero attached hydrogens (tertiary/aromatic N) is 3. The van der Waals surface area contributed by atoms with Crippen LogP contribution in [0, 0.1) is 17.8 Å². The molecule has 2 fully saturated rings. The lowest BCUT2D eigenvalue weighted by Crippen LogP contribution is -2.58. The number of nitrogens with one attached hydrogen (secondary N) is 1. The van der Waals surface area contributed by atoms with Gasteiger partial charge in [0.15, 0.2) is 5.96 Å². The van der Waals surface area contributed by atoms with Crippen molar-refractivity contribution in [2.75, 3.05) is 39.8 Å². The molecule has 2 rings (SSSR count). The minimum Gasteiger partial charge on any atom is -0.370 e. The van der Waals surface area contributed by atoms with E-state index in [0.717, 1.165) is 50.3 Å². The fourth-order valence-electron chi connectivity index (χ4n) is 4.61. The maximum atomic E-state index is 11.3. The number of likely N-dealkylation sites (tertiary alicyclic amines) is 2. The topological polar surface area (TPSA) is 74.0 Å². The van der Waals surface area contributed by atoms with Crippen LogP contribution in [0.25, 0.3) is 0 Å². The van der Waals surface area contributed by atoms with Crippen molar-refractivity contribution in [1.29, 1.82) is 0 Å². The predicted octanol–water partition coefficient (Wildman–Crippen LogP) is 2.52. The molecule has 1 amide bonds. The minimum atomic E-state index is -0.200. The summed E-state index contributed by atoms with van der Waals surface area (Å²) in [5.41, 5.74) is 5.47. The Morgan fingerprint density at radius 3 is 2.41 bits per heavy atom. The van der Waals surface area contributed by atoms with Crippen LogP contribution in [0.4, 0.5) is 0 Å². The molecule has 2 aliphatic rings. The van der Waals surface area contributed by atoms with E-state index in [1.54, 1.807) is 0 Å². The molecule has 158 valence electrons. The van der Waals surface area contributed by atoms with Gasteiger partial charge in [0, 0.05) is 51.7 Å². The summed E-state index contributed by atoms with van der Waals surface area (Å²) in [6, 6.07) is 0. The van der Waals surface area contributed by atoms with Crippen LogP contribution in [0.1, 0.15) is 53.4 Å². The van der Waals surface area contributed by atoms with Gasteiger partial charge in [-0.15, -0.1) is 24.0 Å². The molecule has 2 saturated heterocycles. The quantitative estimate of drug-likeness (QED) is 0.351. The highest BCUT2D eigenvalue weighted by Crippen LogP contribution is 2.27. The van der Waals surface area contributed by atoms with Crippen LogP contribution in [0.15, 0.2) is 4.99 Å². The van der Waals surface area contributed by atoms with E-state index < -0.39 is 0 Å². The Labute approximate surface area is 182 Å². The van der Waals surface area contributed by atoms with Crippen molar-refractivity contribution in [2.45, 2.75) is 58.9 Å². The number of carbonyl (C=O) groups excluding carboxylic acids is 1. The van der Waals surface area contributed by atoms with E-state index in [1.165, 1.54) is 19.5 Å². The van der Waals surface area contributed by atoms with Gasteiger partial charge in [0.2, 0.25) is 5.91 Å². The normalized spacial score (nSPS) is 27.8. The van der Waals surface area contributed by atoms with E-state index >= 15 is 0 Å². The van der Waals surface area contributed by atoms with Crippen LogP contribution < -0.4 is 11.1 Å². The minimum absolute atomic E-state index is 0. The van der Waals surface area contributed by atoms with Gasteiger partial charge in [-0.2, -0.15) is 0 Å². The van der Waals surface area contributed by atoms with Gasteiger partial charge in [-0.3, -0.25) is 14.7 Å². The molecule has 3 N–H and O–H groups in total. The Balaban J connectivity index is 0.00000364. The third-order valence-corrected chi connectivity index (χ3v) is 5.92. The fraction of sp³-hybridized carbons (Fsp3) is 0.900. The van der Waals surface area contributed by atoms with Crippen LogP contribution in [-0.2, 0) is 4.79 Å². The van der Waals surface area contributed by atoms with Crippen LogP contribution in [0.3, 0.4) is 0 Å². The average Bonchev–Trinajstić information content (AvgIpc) is 2.54. The smallest absolute Gasteiger partial charge is 0.217 e. The zero-order valence-electron chi connectivity index (χ0n) is 17.8. The molecule has 27 heavy (non-hydrogen) atoms. The van der Waals surface area contributed by atoms with Crippen molar-refractivity contribution in [2.24, 2.45) is 28.5 Å². The van der Waals surface area contributed by atoms with Crippen molar-refractivity contribution in [3.63, 3.8) is 0 Å². The molecule has 3 atom stereocenters. The van der Waals surface area contributed by atoms with E-state index in [0.29, 0.717) is 12.3 Å². The van der Waals surface area contributed by atoms with E-state index in [2.05, 4.69) is 47.8 Å². The molecule has 2 heterocycles. The standard InChI is InChI=1S/C20H39N5O.HI/c1-15-9-16(2)12-25(11-15)20(3,4)14-23-19(22-5)24-8-6-7-17(13-24)10-18(21)26;/h15-17H,6-14H2,1-5H3,(H2,21,26)(H,22,23);1H. The molecule has 0 spiro atoms. The molecule has 0 saturated carbocycles. The number of primary amides is 1. The number of rotatable bonds is 5. The van der Waals surface area contributed by atoms with Crippen molar-refractivity contribution >= 4 is 35.8 Å². The van der Waals surface area contributed by atoms with E-state index in [9.17, 15) is 4.79 Å². The summed E-state index contributed by atoms with van der Waals surface area (Å²) in [5, 5.41) is 3.60. The first-order chi connectivity index (χ1) is 12.2. The fourth-order valence-corrected chi connectivity index (χ4v) is 4.61. The van der Waals surface area contributed by atoms with E-state index in [1.807, 2.05) is 7.05 Å². The van der Waals surface area contributed by atoms with Crippen molar-refractivity contribution in [3.8, 4) is 0 Å². The lowest BCUT2D eigenvalue weighted by atomic mass is 9.88. The second-order valence-electron chi connectivity index (χ2n) is 9.19. The molecule has 0 radical (unpaired) electrons. The summed E-state index contributed by atoms with van der Waals surface area (Å²) in [7, 11) is 1.85. The first-order valence-electron chi connectivity index (χ1n) is 10.2. The third-order valence-electron chi connectivity index (χ3n) is 5.92. The first-order valence-corrected chi connectivity index (χ1v) is 10.2. The van der Waals surface area contributed by atoms with Gasteiger partial charge in [0.05, 0.1) is 0 Å². The van der Waals surface area contributed by atoms with Gasteiger partial charge in [-0.05, 0) is 50.9 Å². The molecule has 6 nitrogen and oxygen atoms in total. The molecule has 3 unspecified atom stereocenters. The van der Waals surface area contributed by atoms with Gasteiger partial charge < -0.3 is 16.0 Å². The summed E-state index contributed by atoms with van der Waals surface area (Å²) in [6.07, 6.45) is 3.97. The number of amides is 1. The number of hydrogen-bond acceptors (Lipinski definition) is 3. The number of aliphatic imine (C=N–C) groups is 1. The van der Waals surface area contributed by atoms with Gasteiger partial charge in [-0.1, -0.05) is 13.8 Å². The largest absolute Gasteiger partial charge is 0.370 e. The Kier molecular flexibility index (Phi) is 9.82. The number of halogens is 1. The van der Waals surface area contributed by atoms with Crippen LogP contribution in [-0.4, -0.2) is 67.0 Å². The molecule has 7 heteroatoms. The number of piperidine rings is 2. The van der Waals surface area contributed by atoms with Crippen LogP contribution >= 0.6 is 24.0 Å². The maximum Gasteiger partial charge on any atom is 0.217 e. The van der Waals surface area contributed by atoms with Gasteiger partial charge in [0.1, 0.15) is 0 Å². The van der Waals surface area contributed by atoms with Gasteiger partial charge in [0.25, 0.3) is 0 Å². The zero-order chi connectivity index (χ0) is 19.3. The molecular weight excluding hydrogens is 453 g/mol. The van der Waals surface area contributed by atoms with Gasteiger partial charge in [-0.25, -0.2) is 0 Å². The third kappa shape index (κ3) is 7.40. The van der Waals surface area contributed by atoms with Crippen molar-refractivity contribution < 1.29 is 4.79 Å². The maximum absolute atomic E-state index is 11.3. The highest BCUT2D eigenvalue weighted by Gasteiger charge is 2.33. The molecular formula is C20H40IN5O. The molecule has 0 bridgehead atoms. The molecule has 0 aromatic heterocycles. The lowest BCUT2D eigenvalue weighted by molar-refractivity contribution is -0.119. The highest BCUT2D eigenvalue weighted by atomic mass is 127. The number of carbonyl (C=O) groups is 1. The highest BCUT2D eigenvalue weighted by molar-refractivity contribution is 14.0. The molecule has 0 aliphatic carbocycles. The molecule has 0 aromatic rings. The summed E-state index contributed by atoms with van der Waals surface area (Å²) in [5.74, 6) is 2.61. The van der Waals surface area contributed by atoms with Crippen LogP contribution in [0.5, 0.6) is 0 Å². The van der Waals surface area contributed by atoms with Crippen LogP contribution in [0.2, 0.25) is 0 Å². The summed E-state index contributed by atoms with van der Waals surface area (Å²) < 4.78 is 0. The zero-order valence-corrected chi connectivity index (χ0v) is 20.2. The van der Waals surface area contributed by atoms with Gasteiger partial charge >= 0.3 is 0 Å². The Bertz CT molecular complexity index is 501. The van der Waals surface area contributed by atoms with E-state index in [4.69, 9.17) is 5.73 Å². The first kappa shape index (κ1) is 24.5. The Morgan fingerprint density at radius 1 is 1.22 bits per heavy atom. The number of nitrogens with two attached hydrogens (primary N) is 1. The second kappa shape index (κ2) is 10.8. The van der Waals surface area contributed by atoms with E-state index in [-0.39, 0.29) is 35.4 Å². The second-order valence-corrected chi connectivity index (χ2v) is 9.19. The Hall–Kier alpha value is -0.570. The average molecular weight is 493 g/mol. The van der Waals surface area contributed by atoms with Crippen molar-refractivity contribution in [1.82, 2.24) is 15.1 Å². The Morgan fingerprint density at radius 2 is 1.85 bits per heavy atom.